The van der Waals surface area contributed by atoms with Crippen LogP contribution in [0.15, 0.2) is 0 Å². The SMILES string of the molecule is CC(C)[C@@H](N)C(=O)N1CCN(CC2CC2)CC1. The topological polar surface area (TPSA) is 49.6 Å². The predicted octanol–water partition coefficient (Wildman–Crippen LogP) is 0.524. The Morgan fingerprint density at radius 2 is 1.82 bits per heavy atom. The summed E-state index contributed by atoms with van der Waals surface area (Å²) < 4.78 is 0. The van der Waals surface area contributed by atoms with E-state index in [2.05, 4.69) is 4.90 Å². The molecule has 1 aliphatic heterocycles. The molecule has 1 atom stereocenters. The fourth-order valence-corrected chi connectivity index (χ4v) is 2.31. The normalized spacial score (nSPS) is 24.1. The third kappa shape index (κ3) is 3.42. The van der Waals surface area contributed by atoms with Gasteiger partial charge in [-0.05, 0) is 24.7 Å². The van der Waals surface area contributed by atoms with Gasteiger partial charge in [0.1, 0.15) is 0 Å². The molecule has 4 heteroatoms. The van der Waals surface area contributed by atoms with Crippen LogP contribution in [0.2, 0.25) is 0 Å². The van der Waals surface area contributed by atoms with E-state index in [4.69, 9.17) is 5.73 Å². The van der Waals surface area contributed by atoms with Gasteiger partial charge in [0.2, 0.25) is 5.91 Å². The van der Waals surface area contributed by atoms with Crippen molar-refractivity contribution < 1.29 is 4.79 Å². The highest BCUT2D eigenvalue weighted by molar-refractivity contribution is 5.82. The van der Waals surface area contributed by atoms with Crippen molar-refractivity contribution in [3.8, 4) is 0 Å². The summed E-state index contributed by atoms with van der Waals surface area (Å²) in [7, 11) is 0. The summed E-state index contributed by atoms with van der Waals surface area (Å²) >= 11 is 0. The van der Waals surface area contributed by atoms with E-state index in [1.807, 2.05) is 18.7 Å². The Bertz CT molecular complexity index is 268. The molecule has 0 aromatic heterocycles. The zero-order valence-electron chi connectivity index (χ0n) is 11.1. The monoisotopic (exact) mass is 239 g/mol. The second-order valence-electron chi connectivity index (χ2n) is 5.84. The maximum atomic E-state index is 12.1. The summed E-state index contributed by atoms with van der Waals surface area (Å²) in [6.07, 6.45) is 2.80. The lowest BCUT2D eigenvalue weighted by atomic mass is 10.0. The fraction of sp³-hybridized carbons (Fsp3) is 0.923. The number of rotatable bonds is 4. The minimum Gasteiger partial charge on any atom is -0.339 e. The van der Waals surface area contributed by atoms with Gasteiger partial charge in [0.05, 0.1) is 6.04 Å². The Labute approximate surface area is 104 Å². The molecule has 0 unspecified atom stereocenters. The Kier molecular flexibility index (Phi) is 4.05. The number of carbonyl (C=O) groups is 1. The van der Waals surface area contributed by atoms with Crippen molar-refractivity contribution >= 4 is 5.91 Å². The average Bonchev–Trinajstić information content (AvgIpc) is 3.12. The van der Waals surface area contributed by atoms with Crippen LogP contribution in [0.3, 0.4) is 0 Å². The van der Waals surface area contributed by atoms with Crippen molar-refractivity contribution in [2.45, 2.75) is 32.7 Å². The van der Waals surface area contributed by atoms with Gasteiger partial charge in [-0.1, -0.05) is 13.8 Å². The van der Waals surface area contributed by atoms with Crippen LogP contribution in [0.25, 0.3) is 0 Å². The van der Waals surface area contributed by atoms with Crippen molar-refractivity contribution in [2.75, 3.05) is 32.7 Å². The summed E-state index contributed by atoms with van der Waals surface area (Å²) in [5, 5.41) is 0. The van der Waals surface area contributed by atoms with Crippen LogP contribution in [0.5, 0.6) is 0 Å². The van der Waals surface area contributed by atoms with Crippen LogP contribution in [0.4, 0.5) is 0 Å². The fourth-order valence-electron chi connectivity index (χ4n) is 2.31. The van der Waals surface area contributed by atoms with Gasteiger partial charge >= 0.3 is 0 Å². The number of hydrogen-bond acceptors (Lipinski definition) is 3. The van der Waals surface area contributed by atoms with Gasteiger partial charge in [-0.15, -0.1) is 0 Å². The molecule has 98 valence electrons. The Hall–Kier alpha value is -0.610. The Morgan fingerprint density at radius 1 is 1.24 bits per heavy atom. The summed E-state index contributed by atoms with van der Waals surface area (Å²) in [5.74, 6) is 1.30. The van der Waals surface area contributed by atoms with Gasteiger partial charge in [-0.3, -0.25) is 9.69 Å². The first-order valence-corrected chi connectivity index (χ1v) is 6.84. The smallest absolute Gasteiger partial charge is 0.239 e. The predicted molar refractivity (Wildman–Crippen MR) is 68.6 cm³/mol. The first kappa shape index (κ1) is 12.8. The molecule has 0 aromatic rings. The summed E-state index contributed by atoms with van der Waals surface area (Å²) in [6, 6.07) is -0.329. The number of nitrogens with two attached hydrogens (primary N) is 1. The number of hydrogen-bond donors (Lipinski definition) is 1. The van der Waals surface area contributed by atoms with Crippen LogP contribution in [-0.2, 0) is 4.79 Å². The molecule has 1 saturated carbocycles. The molecular formula is C13H25N3O. The molecule has 4 nitrogen and oxygen atoms in total. The highest BCUT2D eigenvalue weighted by Gasteiger charge is 2.29. The van der Waals surface area contributed by atoms with Crippen molar-refractivity contribution in [2.24, 2.45) is 17.6 Å². The van der Waals surface area contributed by atoms with Crippen molar-refractivity contribution in [3.05, 3.63) is 0 Å². The van der Waals surface area contributed by atoms with Crippen molar-refractivity contribution in [3.63, 3.8) is 0 Å². The number of nitrogens with zero attached hydrogens (tertiary/aromatic N) is 2. The standard InChI is InChI=1S/C13H25N3O/c1-10(2)12(14)13(17)16-7-5-15(6-8-16)9-11-3-4-11/h10-12H,3-9,14H2,1-2H3/t12-/m1/s1. The molecule has 1 aliphatic carbocycles. The molecule has 0 aromatic carbocycles. The van der Waals surface area contributed by atoms with Crippen LogP contribution in [0, 0.1) is 11.8 Å². The van der Waals surface area contributed by atoms with Crippen LogP contribution < -0.4 is 5.73 Å². The van der Waals surface area contributed by atoms with Crippen LogP contribution in [0.1, 0.15) is 26.7 Å². The first-order valence-electron chi connectivity index (χ1n) is 6.84. The lowest BCUT2D eigenvalue weighted by molar-refractivity contribution is -0.135. The molecular weight excluding hydrogens is 214 g/mol. The van der Waals surface area contributed by atoms with Gasteiger partial charge in [0, 0.05) is 32.7 Å². The zero-order chi connectivity index (χ0) is 12.4. The van der Waals surface area contributed by atoms with E-state index in [0.717, 1.165) is 32.1 Å². The third-order valence-electron chi connectivity index (χ3n) is 3.90. The van der Waals surface area contributed by atoms with E-state index < -0.39 is 0 Å². The molecule has 1 saturated heterocycles. The van der Waals surface area contributed by atoms with E-state index in [-0.39, 0.29) is 17.9 Å². The molecule has 2 fully saturated rings. The van der Waals surface area contributed by atoms with E-state index in [1.165, 1.54) is 19.4 Å². The largest absolute Gasteiger partial charge is 0.339 e. The van der Waals surface area contributed by atoms with E-state index in [1.54, 1.807) is 0 Å². The van der Waals surface area contributed by atoms with Crippen LogP contribution in [-0.4, -0.2) is 54.5 Å². The lowest BCUT2D eigenvalue weighted by Crippen LogP contribution is -2.54. The van der Waals surface area contributed by atoms with E-state index >= 15 is 0 Å². The zero-order valence-corrected chi connectivity index (χ0v) is 11.1. The maximum Gasteiger partial charge on any atom is 0.239 e. The minimum atomic E-state index is -0.329. The number of carbonyl (C=O) groups excluding carboxylic acids is 1. The van der Waals surface area contributed by atoms with E-state index in [0.29, 0.717) is 0 Å². The van der Waals surface area contributed by atoms with Gasteiger partial charge in [-0.2, -0.15) is 0 Å². The second-order valence-corrected chi connectivity index (χ2v) is 5.84. The summed E-state index contributed by atoms with van der Waals surface area (Å²) in [4.78, 5) is 16.5. The highest BCUT2D eigenvalue weighted by atomic mass is 16.2. The molecule has 17 heavy (non-hydrogen) atoms. The maximum absolute atomic E-state index is 12.1. The lowest BCUT2D eigenvalue weighted by Gasteiger charge is -2.36. The molecule has 0 bridgehead atoms. The van der Waals surface area contributed by atoms with E-state index in [9.17, 15) is 4.79 Å². The molecule has 0 spiro atoms. The Morgan fingerprint density at radius 3 is 2.29 bits per heavy atom. The minimum absolute atomic E-state index is 0.131. The summed E-state index contributed by atoms with van der Waals surface area (Å²) in [5.41, 5.74) is 5.91. The first-order chi connectivity index (χ1) is 8.08. The van der Waals surface area contributed by atoms with Crippen LogP contribution >= 0.6 is 0 Å². The number of piperazine rings is 1. The molecule has 2 aliphatic rings. The van der Waals surface area contributed by atoms with Gasteiger partial charge in [0.25, 0.3) is 0 Å². The third-order valence-corrected chi connectivity index (χ3v) is 3.90. The summed E-state index contributed by atoms with van der Waals surface area (Å²) in [6.45, 7) is 8.99. The second kappa shape index (κ2) is 5.36. The highest BCUT2D eigenvalue weighted by Crippen LogP contribution is 2.29. The molecule has 1 amide bonds. The molecule has 0 radical (unpaired) electrons. The Balaban J connectivity index is 1.75. The molecule has 1 heterocycles. The quantitative estimate of drug-likeness (QED) is 0.778. The van der Waals surface area contributed by atoms with Crippen molar-refractivity contribution in [1.82, 2.24) is 9.80 Å². The average molecular weight is 239 g/mol. The van der Waals surface area contributed by atoms with Gasteiger partial charge in [-0.25, -0.2) is 0 Å². The number of amides is 1. The molecule has 2 rings (SSSR count). The molecule has 2 N–H and O–H groups in total. The van der Waals surface area contributed by atoms with Gasteiger partial charge in [0.15, 0.2) is 0 Å². The van der Waals surface area contributed by atoms with Crippen molar-refractivity contribution in [1.29, 1.82) is 0 Å². The van der Waals surface area contributed by atoms with Gasteiger partial charge < -0.3 is 10.6 Å².